The fourth-order valence-electron chi connectivity index (χ4n) is 3.55. The van der Waals surface area contributed by atoms with Crippen LogP contribution in [-0.4, -0.2) is 50.7 Å². The van der Waals surface area contributed by atoms with Crippen LogP contribution in [0.2, 0.25) is 0 Å². The molecule has 1 aliphatic rings. The first-order valence-electron chi connectivity index (χ1n) is 10.1. The number of pyridine rings is 1. The summed E-state index contributed by atoms with van der Waals surface area (Å²) in [6.45, 7) is 10.2. The highest BCUT2D eigenvalue weighted by Crippen LogP contribution is 2.18. The van der Waals surface area contributed by atoms with Crippen molar-refractivity contribution in [3.63, 3.8) is 0 Å². The van der Waals surface area contributed by atoms with Gasteiger partial charge in [-0.2, -0.15) is 0 Å². The largest absolute Gasteiger partial charge is 0.409 e. The molecule has 0 bridgehead atoms. The van der Waals surface area contributed by atoms with E-state index in [0.29, 0.717) is 23.3 Å². The van der Waals surface area contributed by atoms with Crippen molar-refractivity contribution in [1.82, 2.24) is 24.6 Å². The van der Waals surface area contributed by atoms with Crippen LogP contribution in [0.25, 0.3) is 11.5 Å². The van der Waals surface area contributed by atoms with E-state index < -0.39 is 0 Å². The zero-order valence-electron chi connectivity index (χ0n) is 17.0. The molecule has 0 atom stereocenters. The van der Waals surface area contributed by atoms with E-state index in [-0.39, 0.29) is 0 Å². The van der Waals surface area contributed by atoms with Gasteiger partial charge in [-0.3, -0.25) is 14.8 Å². The summed E-state index contributed by atoms with van der Waals surface area (Å²) in [4.78, 5) is 9.38. The highest BCUT2D eigenvalue weighted by Gasteiger charge is 2.19. The van der Waals surface area contributed by atoms with Crippen molar-refractivity contribution >= 4 is 12.2 Å². The van der Waals surface area contributed by atoms with E-state index in [1.54, 1.807) is 17.1 Å². The summed E-state index contributed by atoms with van der Waals surface area (Å²) in [7, 11) is 0. The standard InChI is InChI=1S/C22H27N5OS/c1-17(2)19-7-5-18(6-8-19)15-25-10-12-26(13-11-25)16-27-22(29)28-21(24-27)20-4-3-9-23-14-20/h3-9,14,17H,10-13,15-16H2,1-2H3. The van der Waals surface area contributed by atoms with Gasteiger partial charge >= 0.3 is 0 Å². The number of hydrogen-bond donors (Lipinski definition) is 0. The third-order valence-corrected chi connectivity index (χ3v) is 5.66. The second-order valence-corrected chi connectivity index (χ2v) is 8.20. The van der Waals surface area contributed by atoms with Gasteiger partial charge in [0.2, 0.25) is 5.89 Å². The van der Waals surface area contributed by atoms with Crippen LogP contribution in [0.5, 0.6) is 0 Å². The van der Waals surface area contributed by atoms with Crippen LogP contribution in [0.15, 0.2) is 53.2 Å². The topological polar surface area (TPSA) is 50.3 Å². The molecule has 0 aliphatic carbocycles. The molecule has 7 heteroatoms. The van der Waals surface area contributed by atoms with Crippen molar-refractivity contribution in [1.29, 1.82) is 0 Å². The van der Waals surface area contributed by atoms with Gasteiger partial charge in [-0.1, -0.05) is 38.1 Å². The third kappa shape index (κ3) is 4.98. The summed E-state index contributed by atoms with van der Waals surface area (Å²) >= 11 is 5.36. The van der Waals surface area contributed by atoms with Crippen molar-refractivity contribution in [3.05, 3.63) is 64.8 Å². The van der Waals surface area contributed by atoms with Crippen LogP contribution in [0.4, 0.5) is 0 Å². The van der Waals surface area contributed by atoms with E-state index in [4.69, 9.17) is 16.6 Å². The van der Waals surface area contributed by atoms with E-state index >= 15 is 0 Å². The van der Waals surface area contributed by atoms with Gasteiger partial charge in [0.25, 0.3) is 4.84 Å². The van der Waals surface area contributed by atoms with Crippen molar-refractivity contribution in [2.75, 3.05) is 26.2 Å². The molecule has 0 N–H and O–H groups in total. The molecule has 2 aromatic heterocycles. The molecular weight excluding hydrogens is 382 g/mol. The Morgan fingerprint density at radius 3 is 2.41 bits per heavy atom. The number of aromatic nitrogens is 3. The summed E-state index contributed by atoms with van der Waals surface area (Å²) in [5.74, 6) is 1.10. The quantitative estimate of drug-likeness (QED) is 0.570. The molecule has 1 aromatic carbocycles. The molecule has 1 aliphatic heterocycles. The van der Waals surface area contributed by atoms with E-state index in [1.165, 1.54) is 11.1 Å². The molecule has 4 rings (SSSR count). The second-order valence-electron chi connectivity index (χ2n) is 7.85. The van der Waals surface area contributed by atoms with Crippen molar-refractivity contribution in [3.8, 4) is 11.5 Å². The Morgan fingerprint density at radius 1 is 1.03 bits per heavy atom. The van der Waals surface area contributed by atoms with Crippen molar-refractivity contribution < 1.29 is 4.42 Å². The van der Waals surface area contributed by atoms with Gasteiger partial charge in [0.15, 0.2) is 0 Å². The van der Waals surface area contributed by atoms with Crippen LogP contribution in [0, 0.1) is 4.84 Å². The van der Waals surface area contributed by atoms with Crippen LogP contribution in [0.1, 0.15) is 30.9 Å². The lowest BCUT2D eigenvalue weighted by atomic mass is 10.0. The maximum atomic E-state index is 5.66. The minimum absolute atomic E-state index is 0.400. The summed E-state index contributed by atoms with van der Waals surface area (Å²) in [6, 6.07) is 12.8. The minimum Gasteiger partial charge on any atom is -0.409 e. The zero-order chi connectivity index (χ0) is 20.2. The van der Waals surface area contributed by atoms with E-state index in [2.05, 4.69) is 58.0 Å². The van der Waals surface area contributed by atoms with Crippen molar-refractivity contribution in [2.24, 2.45) is 0 Å². The van der Waals surface area contributed by atoms with E-state index in [1.807, 2.05) is 12.1 Å². The summed E-state index contributed by atoms with van der Waals surface area (Å²) in [5, 5.41) is 4.53. The average Bonchev–Trinajstić information content (AvgIpc) is 3.11. The lowest BCUT2D eigenvalue weighted by molar-refractivity contribution is 0.0974. The molecule has 29 heavy (non-hydrogen) atoms. The Hall–Kier alpha value is -2.35. The number of rotatable bonds is 6. The number of piperazine rings is 1. The van der Waals surface area contributed by atoms with Gasteiger partial charge in [0, 0.05) is 45.1 Å². The maximum absolute atomic E-state index is 5.66. The molecule has 1 saturated heterocycles. The molecule has 3 aromatic rings. The predicted octanol–water partition coefficient (Wildman–Crippen LogP) is 4.17. The first-order chi connectivity index (χ1) is 14.1. The molecule has 0 radical (unpaired) electrons. The molecule has 6 nitrogen and oxygen atoms in total. The summed E-state index contributed by atoms with van der Waals surface area (Å²) in [6.07, 6.45) is 3.46. The van der Waals surface area contributed by atoms with Gasteiger partial charge in [0.05, 0.1) is 12.2 Å². The summed E-state index contributed by atoms with van der Waals surface area (Å²) < 4.78 is 7.42. The van der Waals surface area contributed by atoms with Crippen LogP contribution in [0.3, 0.4) is 0 Å². The van der Waals surface area contributed by atoms with E-state index in [9.17, 15) is 0 Å². The Labute approximate surface area is 176 Å². The monoisotopic (exact) mass is 409 g/mol. The third-order valence-electron chi connectivity index (χ3n) is 5.37. The van der Waals surface area contributed by atoms with Gasteiger partial charge in [-0.25, -0.2) is 4.68 Å². The van der Waals surface area contributed by atoms with Gasteiger partial charge in [-0.15, -0.1) is 5.10 Å². The zero-order valence-corrected chi connectivity index (χ0v) is 17.8. The van der Waals surface area contributed by atoms with Crippen LogP contribution < -0.4 is 0 Å². The Bertz CT molecular complexity index is 972. The molecule has 3 heterocycles. The minimum atomic E-state index is 0.400. The van der Waals surface area contributed by atoms with Gasteiger partial charge in [-0.05, 0) is 41.4 Å². The lowest BCUT2D eigenvalue weighted by Gasteiger charge is -2.34. The average molecular weight is 410 g/mol. The summed E-state index contributed by atoms with van der Waals surface area (Å²) in [5.41, 5.74) is 3.61. The molecule has 0 spiro atoms. The predicted molar refractivity (Wildman–Crippen MR) is 116 cm³/mol. The molecular formula is C22H27N5OS. The molecule has 152 valence electrons. The Kier molecular flexibility index (Phi) is 6.18. The highest BCUT2D eigenvalue weighted by molar-refractivity contribution is 7.71. The maximum Gasteiger partial charge on any atom is 0.288 e. The molecule has 1 fully saturated rings. The normalized spacial score (nSPS) is 15.8. The smallest absolute Gasteiger partial charge is 0.288 e. The first kappa shape index (κ1) is 19.9. The number of nitrogens with zero attached hydrogens (tertiary/aromatic N) is 5. The van der Waals surface area contributed by atoms with Crippen LogP contribution >= 0.6 is 12.2 Å². The molecule has 0 saturated carbocycles. The Balaban J connectivity index is 1.31. The first-order valence-corrected chi connectivity index (χ1v) is 10.5. The molecule has 0 amide bonds. The van der Waals surface area contributed by atoms with Crippen LogP contribution in [-0.2, 0) is 13.2 Å². The van der Waals surface area contributed by atoms with E-state index in [0.717, 1.165) is 38.3 Å². The van der Waals surface area contributed by atoms with Crippen molar-refractivity contribution in [2.45, 2.75) is 33.0 Å². The lowest BCUT2D eigenvalue weighted by Crippen LogP contribution is -2.46. The number of hydrogen-bond acceptors (Lipinski definition) is 6. The fourth-order valence-corrected chi connectivity index (χ4v) is 3.72. The SMILES string of the molecule is CC(C)c1ccc(CN2CCN(Cn3nc(-c4cccnc4)oc3=S)CC2)cc1. The highest BCUT2D eigenvalue weighted by atomic mass is 32.1. The van der Waals surface area contributed by atoms with Gasteiger partial charge < -0.3 is 4.42 Å². The number of benzene rings is 1. The molecule has 0 unspecified atom stereocenters. The second kappa shape index (κ2) is 8.98. The fraction of sp³-hybridized carbons (Fsp3) is 0.409. The Morgan fingerprint density at radius 2 is 1.76 bits per heavy atom. The van der Waals surface area contributed by atoms with Gasteiger partial charge in [0.1, 0.15) is 0 Å².